The number of piperidine rings is 1. The molecule has 1 aliphatic carbocycles. The number of hydrogen-bond acceptors (Lipinski definition) is 3. The molecule has 0 spiro atoms. The summed E-state index contributed by atoms with van der Waals surface area (Å²) < 4.78 is 5.38. The second-order valence-corrected chi connectivity index (χ2v) is 7.80. The van der Waals surface area contributed by atoms with Gasteiger partial charge in [-0.25, -0.2) is 4.79 Å². The van der Waals surface area contributed by atoms with Gasteiger partial charge in [-0.2, -0.15) is 0 Å². The van der Waals surface area contributed by atoms with Gasteiger partial charge >= 0.3 is 6.03 Å². The number of rotatable bonds is 4. The predicted molar refractivity (Wildman–Crippen MR) is 112 cm³/mol. The van der Waals surface area contributed by atoms with Gasteiger partial charge in [0.2, 0.25) is 0 Å². The summed E-state index contributed by atoms with van der Waals surface area (Å²) in [5.41, 5.74) is 3.71. The lowest BCUT2D eigenvalue weighted by molar-refractivity contribution is 0.185. The molecule has 1 aliphatic heterocycles. The third-order valence-corrected chi connectivity index (χ3v) is 5.92. The van der Waals surface area contributed by atoms with Crippen LogP contribution in [-0.2, 0) is 12.8 Å². The minimum absolute atomic E-state index is 0.00309. The summed E-state index contributed by atoms with van der Waals surface area (Å²) in [7, 11) is 1.72. The van der Waals surface area contributed by atoms with Crippen LogP contribution in [0.3, 0.4) is 0 Å². The number of likely N-dealkylation sites (tertiary alicyclic amines) is 1. The Balaban J connectivity index is 1.26. The van der Waals surface area contributed by atoms with Crippen molar-refractivity contribution in [3.8, 4) is 5.75 Å². The lowest BCUT2D eigenvalue weighted by atomic mass is 9.87. The van der Waals surface area contributed by atoms with E-state index in [0.29, 0.717) is 12.1 Å². The highest BCUT2D eigenvalue weighted by Crippen LogP contribution is 2.26. The van der Waals surface area contributed by atoms with Crippen molar-refractivity contribution in [2.24, 2.45) is 0 Å². The van der Waals surface area contributed by atoms with Gasteiger partial charge in [-0.3, -0.25) is 0 Å². The molecule has 1 fully saturated rings. The molecule has 2 aliphatic rings. The Morgan fingerprint density at radius 3 is 2.54 bits per heavy atom. The van der Waals surface area contributed by atoms with E-state index in [0.717, 1.165) is 50.2 Å². The van der Waals surface area contributed by atoms with E-state index in [2.05, 4.69) is 28.8 Å². The molecule has 0 aromatic heterocycles. The zero-order chi connectivity index (χ0) is 19.3. The van der Waals surface area contributed by atoms with Crippen molar-refractivity contribution < 1.29 is 9.53 Å². The quantitative estimate of drug-likeness (QED) is 0.849. The van der Waals surface area contributed by atoms with Gasteiger partial charge in [0.1, 0.15) is 5.75 Å². The second-order valence-electron chi connectivity index (χ2n) is 7.80. The smallest absolute Gasteiger partial charge is 0.321 e. The molecule has 2 N–H and O–H groups in total. The average molecular weight is 380 g/mol. The van der Waals surface area contributed by atoms with Crippen LogP contribution in [0.25, 0.3) is 0 Å². The number of hydrogen-bond donors (Lipinski definition) is 2. The highest BCUT2D eigenvalue weighted by atomic mass is 16.5. The largest absolute Gasteiger partial charge is 0.497 e. The molecule has 148 valence electrons. The number of anilines is 1. The van der Waals surface area contributed by atoms with Crippen molar-refractivity contribution in [2.75, 3.05) is 25.5 Å². The summed E-state index contributed by atoms with van der Waals surface area (Å²) in [4.78, 5) is 14.4. The molecule has 1 saturated heterocycles. The monoisotopic (exact) mass is 379 g/mol. The summed E-state index contributed by atoms with van der Waals surface area (Å²) in [5.74, 6) is 0.942. The predicted octanol–water partition coefficient (Wildman–Crippen LogP) is 3.84. The van der Waals surface area contributed by atoms with Gasteiger partial charge in [-0.05, 0) is 67.5 Å². The number of methoxy groups -OCH3 is 1. The maximum absolute atomic E-state index is 12.4. The van der Waals surface area contributed by atoms with Crippen LogP contribution in [0.4, 0.5) is 10.5 Å². The summed E-state index contributed by atoms with van der Waals surface area (Å²) in [6.07, 6.45) is 5.36. The number of aryl methyl sites for hydroxylation is 1. The number of urea groups is 1. The Morgan fingerprint density at radius 2 is 1.79 bits per heavy atom. The molecule has 1 heterocycles. The molecule has 1 atom stereocenters. The molecule has 4 rings (SSSR count). The van der Waals surface area contributed by atoms with Crippen LogP contribution >= 0.6 is 0 Å². The van der Waals surface area contributed by atoms with Crippen LogP contribution in [0, 0.1) is 0 Å². The molecule has 0 saturated carbocycles. The van der Waals surface area contributed by atoms with Crippen molar-refractivity contribution in [3.63, 3.8) is 0 Å². The topological polar surface area (TPSA) is 53.6 Å². The maximum Gasteiger partial charge on any atom is 0.321 e. The lowest BCUT2D eigenvalue weighted by Crippen LogP contribution is -2.49. The number of ether oxygens (including phenoxy) is 1. The van der Waals surface area contributed by atoms with Crippen LogP contribution in [0.1, 0.15) is 30.4 Å². The van der Waals surface area contributed by atoms with Crippen molar-refractivity contribution in [2.45, 2.75) is 44.2 Å². The number of carbonyl (C=O) groups is 1. The van der Waals surface area contributed by atoms with Crippen LogP contribution < -0.4 is 15.4 Å². The van der Waals surface area contributed by atoms with E-state index in [-0.39, 0.29) is 6.03 Å². The third-order valence-electron chi connectivity index (χ3n) is 5.92. The van der Waals surface area contributed by atoms with Crippen LogP contribution in [0.15, 0.2) is 48.5 Å². The fraction of sp³-hybridized carbons (Fsp3) is 0.435. The SMILES string of the molecule is COc1ccc2c(c1)C[C@@H](NC1CCN(C(=O)Nc3ccccc3)CC1)CC2. The van der Waals surface area contributed by atoms with Gasteiger partial charge in [-0.15, -0.1) is 0 Å². The lowest BCUT2D eigenvalue weighted by Gasteiger charge is -2.36. The Morgan fingerprint density at radius 1 is 1.00 bits per heavy atom. The van der Waals surface area contributed by atoms with Gasteiger partial charge < -0.3 is 20.3 Å². The van der Waals surface area contributed by atoms with E-state index in [1.807, 2.05) is 35.2 Å². The van der Waals surface area contributed by atoms with E-state index in [4.69, 9.17) is 4.74 Å². The number of amides is 2. The number of para-hydroxylation sites is 1. The Bertz CT molecular complexity index is 801. The van der Waals surface area contributed by atoms with E-state index >= 15 is 0 Å². The first-order valence-corrected chi connectivity index (χ1v) is 10.2. The molecule has 5 heteroatoms. The number of carbonyl (C=O) groups excluding carboxylic acids is 1. The number of fused-ring (bicyclic) bond motifs is 1. The fourth-order valence-electron chi connectivity index (χ4n) is 4.31. The fourth-order valence-corrected chi connectivity index (χ4v) is 4.31. The van der Waals surface area contributed by atoms with E-state index in [1.54, 1.807) is 7.11 Å². The molecular formula is C23H29N3O2. The molecule has 0 unspecified atom stereocenters. The number of nitrogens with one attached hydrogen (secondary N) is 2. The first-order valence-electron chi connectivity index (χ1n) is 10.2. The molecule has 2 aromatic carbocycles. The molecule has 0 radical (unpaired) electrons. The van der Waals surface area contributed by atoms with Gasteiger partial charge in [0, 0.05) is 30.9 Å². The van der Waals surface area contributed by atoms with Crippen molar-refractivity contribution in [1.29, 1.82) is 0 Å². The van der Waals surface area contributed by atoms with Crippen LogP contribution in [0.5, 0.6) is 5.75 Å². The van der Waals surface area contributed by atoms with Crippen LogP contribution in [-0.4, -0.2) is 43.2 Å². The van der Waals surface area contributed by atoms with Crippen molar-refractivity contribution in [1.82, 2.24) is 10.2 Å². The van der Waals surface area contributed by atoms with Crippen molar-refractivity contribution >= 4 is 11.7 Å². The van der Waals surface area contributed by atoms with Crippen LogP contribution in [0.2, 0.25) is 0 Å². The zero-order valence-electron chi connectivity index (χ0n) is 16.5. The Labute approximate surface area is 167 Å². The third kappa shape index (κ3) is 4.47. The second kappa shape index (κ2) is 8.65. The average Bonchev–Trinajstić information content (AvgIpc) is 2.74. The molecule has 2 aromatic rings. The molecule has 0 bridgehead atoms. The first kappa shape index (κ1) is 18.8. The Hall–Kier alpha value is -2.53. The minimum Gasteiger partial charge on any atom is -0.497 e. The number of benzene rings is 2. The summed E-state index contributed by atoms with van der Waals surface area (Å²) in [6, 6.07) is 17.1. The molecular weight excluding hydrogens is 350 g/mol. The van der Waals surface area contributed by atoms with E-state index in [1.165, 1.54) is 17.5 Å². The molecule has 5 nitrogen and oxygen atoms in total. The van der Waals surface area contributed by atoms with Gasteiger partial charge in [0.15, 0.2) is 0 Å². The normalized spacial score (nSPS) is 19.8. The summed E-state index contributed by atoms with van der Waals surface area (Å²) >= 11 is 0. The maximum atomic E-state index is 12.4. The zero-order valence-corrected chi connectivity index (χ0v) is 16.5. The summed E-state index contributed by atoms with van der Waals surface area (Å²) in [6.45, 7) is 1.60. The minimum atomic E-state index is 0.00309. The van der Waals surface area contributed by atoms with Crippen molar-refractivity contribution in [3.05, 3.63) is 59.7 Å². The van der Waals surface area contributed by atoms with E-state index < -0.39 is 0 Å². The van der Waals surface area contributed by atoms with Gasteiger partial charge in [0.25, 0.3) is 0 Å². The summed E-state index contributed by atoms with van der Waals surface area (Å²) in [5, 5.41) is 6.83. The highest BCUT2D eigenvalue weighted by Gasteiger charge is 2.26. The Kier molecular flexibility index (Phi) is 5.81. The molecule has 28 heavy (non-hydrogen) atoms. The highest BCUT2D eigenvalue weighted by molar-refractivity contribution is 5.89. The number of nitrogens with zero attached hydrogens (tertiary/aromatic N) is 1. The molecule has 2 amide bonds. The van der Waals surface area contributed by atoms with Gasteiger partial charge in [0.05, 0.1) is 7.11 Å². The first-order chi connectivity index (χ1) is 13.7. The van der Waals surface area contributed by atoms with Gasteiger partial charge in [-0.1, -0.05) is 24.3 Å². The standard InChI is InChI=1S/C23H29N3O2/c1-28-22-10-8-17-7-9-21(15-18(17)16-22)24-20-11-13-26(14-12-20)23(27)25-19-5-3-2-4-6-19/h2-6,8,10,16,20-21,24H,7,9,11-15H2,1H3,(H,25,27)/t21-/m0/s1. The van der Waals surface area contributed by atoms with E-state index in [9.17, 15) is 4.79 Å².